The zero-order chi connectivity index (χ0) is 28.6. The quantitative estimate of drug-likeness (QED) is 0.317. The van der Waals surface area contributed by atoms with Crippen molar-refractivity contribution in [3.63, 3.8) is 0 Å². The number of anilines is 1. The Kier molecular flexibility index (Phi) is 10.3. The number of nitrogens with zero attached hydrogens (tertiary/aromatic N) is 2. The number of carbonyl (C=O) groups excluding carboxylic acids is 2. The van der Waals surface area contributed by atoms with Gasteiger partial charge in [0.15, 0.2) is 0 Å². The zero-order valence-corrected chi connectivity index (χ0v) is 24.3. The highest BCUT2D eigenvalue weighted by Gasteiger charge is 2.32. The predicted octanol–water partition coefficient (Wildman–Crippen LogP) is 5.14. The average Bonchev–Trinajstić information content (AvgIpc) is 2.90. The fourth-order valence-electron chi connectivity index (χ4n) is 4.43. The minimum Gasteiger partial charge on any atom is -0.354 e. The van der Waals surface area contributed by atoms with Crippen LogP contribution in [0.25, 0.3) is 0 Å². The molecule has 1 atom stereocenters. The first kappa shape index (κ1) is 29.9. The molecule has 208 valence electrons. The van der Waals surface area contributed by atoms with Crippen LogP contribution in [-0.4, -0.2) is 44.3 Å². The van der Waals surface area contributed by atoms with Gasteiger partial charge in [-0.25, -0.2) is 8.42 Å². The molecule has 1 N–H and O–H groups in total. The highest BCUT2D eigenvalue weighted by Crippen LogP contribution is 2.26. The van der Waals surface area contributed by atoms with E-state index in [1.165, 1.54) is 17.0 Å². The molecule has 0 aliphatic heterocycles. The van der Waals surface area contributed by atoms with Crippen LogP contribution >= 0.6 is 0 Å². The summed E-state index contributed by atoms with van der Waals surface area (Å²) >= 11 is 0. The van der Waals surface area contributed by atoms with Crippen molar-refractivity contribution >= 4 is 27.5 Å². The van der Waals surface area contributed by atoms with Crippen LogP contribution in [-0.2, 0) is 26.2 Å². The van der Waals surface area contributed by atoms with Gasteiger partial charge in [-0.05, 0) is 80.6 Å². The molecule has 0 spiro atoms. The van der Waals surface area contributed by atoms with Crippen LogP contribution in [0.4, 0.5) is 5.69 Å². The Morgan fingerprint density at radius 3 is 2.13 bits per heavy atom. The van der Waals surface area contributed by atoms with E-state index in [0.717, 1.165) is 39.4 Å². The van der Waals surface area contributed by atoms with Gasteiger partial charge in [0, 0.05) is 13.1 Å². The third-order valence-corrected chi connectivity index (χ3v) is 8.49. The number of sulfonamides is 1. The highest BCUT2D eigenvalue weighted by molar-refractivity contribution is 7.92. The maximum atomic E-state index is 14.0. The van der Waals surface area contributed by atoms with Crippen molar-refractivity contribution in [3.8, 4) is 0 Å². The first-order valence-electron chi connectivity index (χ1n) is 13.3. The largest absolute Gasteiger partial charge is 0.354 e. The molecule has 39 heavy (non-hydrogen) atoms. The fourth-order valence-corrected chi connectivity index (χ4v) is 5.85. The van der Waals surface area contributed by atoms with Crippen molar-refractivity contribution < 1.29 is 18.0 Å². The lowest BCUT2D eigenvalue weighted by atomic mass is 10.1. The molecular formula is C31H39N3O4S. The van der Waals surface area contributed by atoms with E-state index >= 15 is 0 Å². The molecule has 8 heteroatoms. The molecule has 0 saturated heterocycles. The van der Waals surface area contributed by atoms with Crippen molar-refractivity contribution in [2.24, 2.45) is 0 Å². The molecule has 0 unspecified atom stereocenters. The number of unbranched alkanes of at least 4 members (excludes halogenated alkanes) is 1. The molecule has 0 heterocycles. The number of benzene rings is 3. The minimum atomic E-state index is -4.08. The van der Waals surface area contributed by atoms with Gasteiger partial charge in [-0.1, -0.05) is 61.9 Å². The topological polar surface area (TPSA) is 86.8 Å². The van der Waals surface area contributed by atoms with Gasteiger partial charge in [0.2, 0.25) is 11.8 Å². The number of hydrogen-bond acceptors (Lipinski definition) is 4. The summed E-state index contributed by atoms with van der Waals surface area (Å²) in [6.45, 7) is 9.70. The Balaban J connectivity index is 2.03. The van der Waals surface area contributed by atoms with Crippen molar-refractivity contribution in [2.45, 2.75) is 64.9 Å². The van der Waals surface area contributed by atoms with Crippen LogP contribution in [0.5, 0.6) is 0 Å². The van der Waals surface area contributed by atoms with E-state index in [0.29, 0.717) is 12.2 Å². The van der Waals surface area contributed by atoms with Crippen LogP contribution in [0.3, 0.4) is 0 Å². The number of rotatable bonds is 12. The van der Waals surface area contributed by atoms with Crippen LogP contribution in [0.1, 0.15) is 48.9 Å². The van der Waals surface area contributed by atoms with Crippen LogP contribution < -0.4 is 9.62 Å². The lowest BCUT2D eigenvalue weighted by molar-refractivity contribution is -0.139. The van der Waals surface area contributed by atoms with E-state index in [2.05, 4.69) is 5.32 Å². The molecule has 2 amide bonds. The molecule has 0 bridgehead atoms. The van der Waals surface area contributed by atoms with E-state index < -0.39 is 28.5 Å². The third kappa shape index (κ3) is 7.69. The first-order valence-corrected chi connectivity index (χ1v) is 14.8. The summed E-state index contributed by atoms with van der Waals surface area (Å²) in [5.74, 6) is -0.732. The second-order valence-electron chi connectivity index (χ2n) is 9.94. The summed E-state index contributed by atoms with van der Waals surface area (Å²) in [7, 11) is -4.08. The standard InChI is InChI=1S/C31H39N3O4S/c1-6-7-17-32-31(36)26(5)33(21-27-14-12-11-13-25(27)4)30(35)22-34(28-19-23(2)18-24(3)20-28)39(37,38)29-15-9-8-10-16-29/h8-16,18-20,26H,6-7,17,21-22H2,1-5H3,(H,32,36)/t26-/m1/s1. The van der Waals surface area contributed by atoms with Crippen molar-refractivity contribution in [1.29, 1.82) is 0 Å². The van der Waals surface area contributed by atoms with Crippen molar-refractivity contribution in [2.75, 3.05) is 17.4 Å². The SMILES string of the molecule is CCCCNC(=O)[C@@H](C)N(Cc1ccccc1C)C(=O)CN(c1cc(C)cc(C)c1)S(=O)(=O)c1ccccc1. The second-order valence-corrected chi connectivity index (χ2v) is 11.8. The second kappa shape index (κ2) is 13.4. The Bertz CT molecular complexity index is 1370. The summed E-state index contributed by atoms with van der Waals surface area (Å²) in [5, 5.41) is 2.91. The summed E-state index contributed by atoms with van der Waals surface area (Å²) < 4.78 is 28.9. The molecule has 0 radical (unpaired) electrons. The van der Waals surface area contributed by atoms with Gasteiger partial charge in [-0.3, -0.25) is 13.9 Å². The lowest BCUT2D eigenvalue weighted by Crippen LogP contribution is -2.51. The Labute approximate surface area is 232 Å². The van der Waals surface area contributed by atoms with E-state index in [1.54, 1.807) is 37.3 Å². The van der Waals surface area contributed by atoms with Gasteiger partial charge >= 0.3 is 0 Å². The van der Waals surface area contributed by atoms with Gasteiger partial charge in [0.1, 0.15) is 12.6 Å². The van der Waals surface area contributed by atoms with Gasteiger partial charge in [-0.15, -0.1) is 0 Å². The summed E-state index contributed by atoms with van der Waals surface area (Å²) in [5.41, 5.74) is 4.04. The number of hydrogen-bond donors (Lipinski definition) is 1. The Hall–Kier alpha value is -3.65. The molecule has 3 aromatic rings. The van der Waals surface area contributed by atoms with Crippen molar-refractivity contribution in [3.05, 3.63) is 95.1 Å². The monoisotopic (exact) mass is 549 g/mol. The summed E-state index contributed by atoms with van der Waals surface area (Å²) in [4.78, 5) is 28.6. The smallest absolute Gasteiger partial charge is 0.264 e. The van der Waals surface area contributed by atoms with Crippen LogP contribution in [0, 0.1) is 20.8 Å². The van der Waals surface area contributed by atoms with Gasteiger partial charge in [0.05, 0.1) is 10.6 Å². The van der Waals surface area contributed by atoms with Crippen LogP contribution in [0.2, 0.25) is 0 Å². The Morgan fingerprint density at radius 1 is 0.897 bits per heavy atom. The van der Waals surface area contributed by atoms with E-state index in [9.17, 15) is 18.0 Å². The molecule has 0 aliphatic carbocycles. The normalized spacial score (nSPS) is 12.0. The van der Waals surface area contributed by atoms with E-state index in [1.807, 2.05) is 58.0 Å². The van der Waals surface area contributed by atoms with E-state index in [4.69, 9.17) is 0 Å². The third-order valence-electron chi connectivity index (χ3n) is 6.70. The molecule has 0 aromatic heterocycles. The Morgan fingerprint density at radius 2 is 1.51 bits per heavy atom. The van der Waals surface area contributed by atoms with Gasteiger partial charge < -0.3 is 10.2 Å². The maximum Gasteiger partial charge on any atom is 0.264 e. The fraction of sp³-hybridized carbons (Fsp3) is 0.355. The predicted molar refractivity (Wildman–Crippen MR) is 156 cm³/mol. The van der Waals surface area contributed by atoms with Gasteiger partial charge in [-0.2, -0.15) is 0 Å². The molecule has 0 aliphatic rings. The number of nitrogens with one attached hydrogen (secondary N) is 1. The number of amides is 2. The first-order chi connectivity index (χ1) is 18.5. The lowest BCUT2D eigenvalue weighted by Gasteiger charge is -2.32. The zero-order valence-electron chi connectivity index (χ0n) is 23.5. The summed E-state index contributed by atoms with van der Waals surface area (Å²) in [6.07, 6.45) is 1.77. The van der Waals surface area contributed by atoms with Crippen LogP contribution in [0.15, 0.2) is 77.7 Å². The van der Waals surface area contributed by atoms with Gasteiger partial charge in [0.25, 0.3) is 10.0 Å². The summed E-state index contributed by atoms with van der Waals surface area (Å²) in [6, 6.07) is 20.4. The molecule has 0 saturated carbocycles. The molecule has 3 rings (SSSR count). The maximum absolute atomic E-state index is 14.0. The molecule has 0 fully saturated rings. The molecule has 3 aromatic carbocycles. The average molecular weight is 550 g/mol. The minimum absolute atomic E-state index is 0.0905. The van der Waals surface area contributed by atoms with E-state index in [-0.39, 0.29) is 17.3 Å². The molecule has 7 nitrogen and oxygen atoms in total. The highest BCUT2D eigenvalue weighted by atomic mass is 32.2. The number of aryl methyl sites for hydroxylation is 3. The molecular weight excluding hydrogens is 510 g/mol. The number of carbonyl (C=O) groups is 2. The van der Waals surface area contributed by atoms with Crippen molar-refractivity contribution in [1.82, 2.24) is 10.2 Å².